The van der Waals surface area contributed by atoms with Crippen LogP contribution in [0.15, 0.2) is 12.2 Å². The zero-order valence-corrected chi connectivity index (χ0v) is 11.0. The van der Waals surface area contributed by atoms with Crippen LogP contribution in [-0.2, 0) is 21.0 Å². The Morgan fingerprint density at radius 1 is 1.18 bits per heavy atom. The van der Waals surface area contributed by atoms with Crippen molar-refractivity contribution in [2.24, 2.45) is 0 Å². The van der Waals surface area contributed by atoms with Crippen LogP contribution in [0.3, 0.4) is 0 Å². The molecule has 1 aliphatic rings. The predicted molar refractivity (Wildman–Crippen MR) is 61.8 cm³/mol. The fraction of sp³-hybridized carbons (Fsp3) is 0.778. The van der Waals surface area contributed by atoms with E-state index >= 15 is 0 Å². The van der Waals surface area contributed by atoms with Gasteiger partial charge in [-0.1, -0.05) is 12.2 Å². The van der Waals surface area contributed by atoms with Crippen molar-refractivity contribution in [2.45, 2.75) is 24.8 Å². The minimum absolute atomic E-state index is 0.730. The lowest BCUT2D eigenvalue weighted by Crippen LogP contribution is -2.21. The Morgan fingerprint density at radius 2 is 1.65 bits per heavy atom. The largest absolute Gasteiger partial charge is 0.741 e. The van der Waals surface area contributed by atoms with Crippen LogP contribution in [-0.4, -0.2) is 36.2 Å². The fourth-order valence-electron chi connectivity index (χ4n) is 1.05. The first kappa shape index (κ1) is 16.8. The number of hydrogen-bond acceptors (Lipinski definition) is 3. The fourth-order valence-corrected chi connectivity index (χ4v) is 2.46. The van der Waals surface area contributed by atoms with Crippen molar-refractivity contribution in [3.63, 3.8) is 0 Å². The second-order valence-electron chi connectivity index (χ2n) is 3.49. The molecule has 0 spiro atoms. The highest BCUT2D eigenvalue weighted by Crippen LogP contribution is 2.20. The first-order chi connectivity index (χ1) is 7.64. The molecule has 0 aromatic rings. The minimum atomic E-state index is -6.09. The van der Waals surface area contributed by atoms with Gasteiger partial charge in [-0.05, 0) is 23.7 Å². The second-order valence-corrected chi connectivity index (χ2v) is 7.24. The zero-order chi connectivity index (χ0) is 13.5. The van der Waals surface area contributed by atoms with Crippen LogP contribution < -0.4 is 0 Å². The van der Waals surface area contributed by atoms with E-state index in [1.165, 1.54) is 30.8 Å². The maximum Gasteiger partial charge on any atom is 0.485 e. The van der Waals surface area contributed by atoms with Gasteiger partial charge in [-0.25, -0.2) is 8.42 Å². The molecule has 0 bridgehead atoms. The molecule has 102 valence electrons. The van der Waals surface area contributed by atoms with E-state index < -0.39 is 15.6 Å². The molecule has 17 heavy (non-hydrogen) atoms. The number of hydrogen-bond donors (Lipinski definition) is 0. The Labute approximate surface area is 102 Å². The molecule has 1 atom stereocenters. The van der Waals surface area contributed by atoms with Crippen LogP contribution >= 0.6 is 0 Å². The molecule has 0 fully saturated rings. The van der Waals surface area contributed by atoms with Crippen molar-refractivity contribution < 1.29 is 26.1 Å². The van der Waals surface area contributed by atoms with Gasteiger partial charge in [0.05, 0.1) is 6.26 Å². The van der Waals surface area contributed by atoms with E-state index in [2.05, 4.69) is 18.4 Å². The van der Waals surface area contributed by atoms with Crippen molar-refractivity contribution in [2.75, 3.05) is 17.8 Å². The number of halogens is 3. The smallest absolute Gasteiger partial charge is 0.485 e. The summed E-state index contributed by atoms with van der Waals surface area (Å²) in [7, 11) is -5.36. The van der Waals surface area contributed by atoms with Gasteiger partial charge in [-0.3, -0.25) is 0 Å². The summed E-state index contributed by atoms with van der Waals surface area (Å²) in [6, 6.07) is 0. The van der Waals surface area contributed by atoms with E-state index in [0.717, 1.165) is 10.9 Å². The Bertz CT molecular complexity index is 336. The highest BCUT2D eigenvalue weighted by Gasteiger charge is 2.36. The van der Waals surface area contributed by atoms with E-state index in [-0.39, 0.29) is 0 Å². The Kier molecular flexibility index (Phi) is 7.18. The molecule has 0 N–H and O–H groups in total. The molecular formula is C9H15F3O3S2. The maximum atomic E-state index is 10.7. The first-order valence-corrected chi connectivity index (χ1v) is 8.29. The summed E-state index contributed by atoms with van der Waals surface area (Å²) in [4.78, 5) is 0. The van der Waals surface area contributed by atoms with Crippen molar-refractivity contribution >= 4 is 21.0 Å². The van der Waals surface area contributed by atoms with E-state index in [1.54, 1.807) is 0 Å². The van der Waals surface area contributed by atoms with Gasteiger partial charge in [0.25, 0.3) is 0 Å². The molecule has 0 saturated heterocycles. The summed E-state index contributed by atoms with van der Waals surface area (Å²) in [5.41, 5.74) is -5.65. The second kappa shape index (κ2) is 7.27. The topological polar surface area (TPSA) is 57.2 Å². The van der Waals surface area contributed by atoms with Crippen LogP contribution in [0.1, 0.15) is 19.3 Å². The zero-order valence-electron chi connectivity index (χ0n) is 9.37. The molecule has 0 saturated carbocycles. The lowest BCUT2D eigenvalue weighted by Gasteiger charge is -2.08. The van der Waals surface area contributed by atoms with Crippen molar-refractivity contribution in [3.8, 4) is 0 Å². The molecule has 3 nitrogen and oxygen atoms in total. The van der Waals surface area contributed by atoms with Gasteiger partial charge in [0, 0.05) is 6.42 Å². The van der Waals surface area contributed by atoms with E-state index in [9.17, 15) is 13.2 Å². The summed E-state index contributed by atoms with van der Waals surface area (Å²) in [5, 5.41) is 0. The predicted octanol–water partition coefficient (Wildman–Crippen LogP) is 2.03. The van der Waals surface area contributed by atoms with Gasteiger partial charge < -0.3 is 4.55 Å². The monoisotopic (exact) mass is 292 g/mol. The molecule has 8 heteroatoms. The Balaban J connectivity index is 0.000000304. The third kappa shape index (κ3) is 8.50. The van der Waals surface area contributed by atoms with Gasteiger partial charge in [0.2, 0.25) is 0 Å². The molecule has 0 aromatic heterocycles. The summed E-state index contributed by atoms with van der Waals surface area (Å²) in [6.07, 6.45) is 11.1. The van der Waals surface area contributed by atoms with Crippen LogP contribution in [0.25, 0.3) is 0 Å². The highest BCUT2D eigenvalue weighted by molar-refractivity contribution is 7.96. The standard InChI is InChI=1S/C8H15S.CHF3O3S/c1-9-7-5-3-2-4-6-8-9;2-1(3,4)8(5,6)7/h2-3H,4-8H2,1H3;(H,5,6,7)/q+1;/p-1/b3-2-;. The number of allylic oxidation sites excluding steroid dienone is 2. The summed E-state index contributed by atoms with van der Waals surface area (Å²) >= 11 is 0. The third-order valence-electron chi connectivity index (χ3n) is 1.95. The van der Waals surface area contributed by atoms with Crippen molar-refractivity contribution in [3.05, 3.63) is 12.2 Å². The average molecular weight is 292 g/mol. The molecule has 0 aromatic carbocycles. The molecular weight excluding hydrogens is 277 g/mol. The van der Waals surface area contributed by atoms with E-state index in [1.807, 2.05) is 0 Å². The van der Waals surface area contributed by atoms with Crippen molar-refractivity contribution in [1.82, 2.24) is 0 Å². The SMILES string of the molecule is C[S+]1CC/C=C\CCC1.O=S(=O)([O-])C(F)(F)F. The number of alkyl halides is 3. The summed E-state index contributed by atoms with van der Waals surface area (Å²) in [5.74, 6) is 2.89. The van der Waals surface area contributed by atoms with Gasteiger partial charge >= 0.3 is 5.51 Å². The lowest BCUT2D eigenvalue weighted by molar-refractivity contribution is -0.0517. The van der Waals surface area contributed by atoms with E-state index in [4.69, 9.17) is 13.0 Å². The lowest BCUT2D eigenvalue weighted by atomic mass is 10.3. The average Bonchev–Trinajstić information content (AvgIpc) is 2.09. The Morgan fingerprint density at radius 3 is 2.12 bits per heavy atom. The Hall–Kier alpha value is -0.210. The molecule has 1 rings (SSSR count). The van der Waals surface area contributed by atoms with Gasteiger partial charge in [-0.2, -0.15) is 13.2 Å². The molecule has 1 aliphatic heterocycles. The molecule has 1 unspecified atom stereocenters. The van der Waals surface area contributed by atoms with Crippen LogP contribution in [0.5, 0.6) is 0 Å². The van der Waals surface area contributed by atoms with Crippen LogP contribution in [0, 0.1) is 0 Å². The van der Waals surface area contributed by atoms with Crippen LogP contribution in [0.4, 0.5) is 13.2 Å². The van der Waals surface area contributed by atoms with Crippen LogP contribution in [0.2, 0.25) is 0 Å². The molecule has 0 aliphatic carbocycles. The van der Waals surface area contributed by atoms with Crippen molar-refractivity contribution in [1.29, 1.82) is 0 Å². The molecule has 0 amide bonds. The highest BCUT2D eigenvalue weighted by atomic mass is 32.2. The maximum absolute atomic E-state index is 10.7. The third-order valence-corrected chi connectivity index (χ3v) is 4.43. The van der Waals surface area contributed by atoms with Gasteiger partial charge in [0.1, 0.15) is 11.5 Å². The summed E-state index contributed by atoms with van der Waals surface area (Å²) in [6.45, 7) is 0. The summed E-state index contributed by atoms with van der Waals surface area (Å²) < 4.78 is 58.9. The van der Waals surface area contributed by atoms with Gasteiger partial charge in [0.15, 0.2) is 10.1 Å². The van der Waals surface area contributed by atoms with E-state index in [0.29, 0.717) is 0 Å². The molecule has 0 radical (unpaired) electrons. The minimum Gasteiger partial charge on any atom is -0.741 e. The quantitative estimate of drug-likeness (QED) is 0.297. The normalized spacial score (nSPS) is 23.9. The van der Waals surface area contributed by atoms with Gasteiger partial charge in [-0.15, -0.1) is 0 Å². The molecule has 1 heterocycles. The number of rotatable bonds is 0. The first-order valence-electron chi connectivity index (χ1n) is 4.91.